The lowest BCUT2D eigenvalue weighted by Crippen LogP contribution is -2.49. The van der Waals surface area contributed by atoms with Gasteiger partial charge >= 0.3 is 0 Å². The van der Waals surface area contributed by atoms with Crippen molar-refractivity contribution in [2.24, 2.45) is 11.3 Å². The Morgan fingerprint density at radius 3 is 1.90 bits per heavy atom. The fraction of sp³-hybridized carbons (Fsp3) is 1.00. The highest BCUT2D eigenvalue weighted by Gasteiger charge is 2.49. The van der Waals surface area contributed by atoms with Crippen LogP contribution in [0.15, 0.2) is 0 Å². The van der Waals surface area contributed by atoms with Crippen molar-refractivity contribution < 1.29 is 5.11 Å². The van der Waals surface area contributed by atoms with Gasteiger partial charge in [-0.3, -0.25) is 0 Å². The predicted octanol–water partition coefficient (Wildman–Crippen LogP) is 6.21. The lowest BCUT2D eigenvalue weighted by molar-refractivity contribution is -0.0675. The highest BCUT2D eigenvalue weighted by Crippen LogP contribution is 2.53. The topological polar surface area (TPSA) is 20.2 Å². The lowest BCUT2D eigenvalue weighted by atomic mass is 9.62. The molecule has 1 N–H and O–H groups in total. The van der Waals surface area contributed by atoms with Gasteiger partial charge in [-0.05, 0) is 38.0 Å². The third-order valence-corrected chi connectivity index (χ3v) is 5.85. The van der Waals surface area contributed by atoms with E-state index in [1.54, 1.807) is 0 Å². The van der Waals surface area contributed by atoms with Crippen LogP contribution < -0.4 is 0 Å². The first-order chi connectivity index (χ1) is 9.45. The van der Waals surface area contributed by atoms with Crippen molar-refractivity contribution in [3.05, 3.63) is 0 Å². The highest BCUT2D eigenvalue weighted by molar-refractivity contribution is 7.81. The Morgan fingerprint density at radius 2 is 1.50 bits per heavy atom. The van der Waals surface area contributed by atoms with Crippen LogP contribution in [0.25, 0.3) is 0 Å². The molecule has 0 aromatic rings. The van der Waals surface area contributed by atoms with E-state index in [1.807, 2.05) is 0 Å². The van der Waals surface area contributed by atoms with Crippen LogP contribution in [0.2, 0.25) is 0 Å². The molecule has 0 heterocycles. The summed E-state index contributed by atoms with van der Waals surface area (Å²) < 4.78 is 0. The van der Waals surface area contributed by atoms with E-state index < -0.39 is 4.93 Å². The van der Waals surface area contributed by atoms with Gasteiger partial charge in [-0.25, -0.2) is 0 Å². The summed E-state index contributed by atoms with van der Waals surface area (Å²) in [5.41, 5.74) is -0.0239. The summed E-state index contributed by atoms with van der Waals surface area (Å²) in [6, 6.07) is 0. The largest absolute Gasteiger partial charge is 0.379 e. The summed E-state index contributed by atoms with van der Waals surface area (Å²) in [4.78, 5) is -0.817. The Morgan fingerprint density at radius 1 is 0.900 bits per heavy atom. The van der Waals surface area contributed by atoms with Crippen LogP contribution in [0.3, 0.4) is 0 Å². The van der Waals surface area contributed by atoms with E-state index in [1.165, 1.54) is 19.3 Å². The van der Waals surface area contributed by atoms with Crippen LogP contribution >= 0.6 is 12.6 Å². The van der Waals surface area contributed by atoms with Gasteiger partial charge < -0.3 is 5.11 Å². The van der Waals surface area contributed by atoms with Gasteiger partial charge in [-0.1, -0.05) is 66.7 Å². The molecule has 0 bridgehead atoms. The van der Waals surface area contributed by atoms with Crippen LogP contribution in [0.5, 0.6) is 0 Å². The van der Waals surface area contributed by atoms with E-state index in [2.05, 4.69) is 34.6 Å². The summed E-state index contributed by atoms with van der Waals surface area (Å²) in [7, 11) is 0. The summed E-state index contributed by atoms with van der Waals surface area (Å²) >= 11 is 4.79. The first-order valence-corrected chi connectivity index (χ1v) is 9.35. The Labute approximate surface area is 133 Å². The minimum absolute atomic E-state index is 0.0239. The quantitative estimate of drug-likeness (QED) is 0.324. The lowest BCUT2D eigenvalue weighted by Gasteiger charge is -2.50. The van der Waals surface area contributed by atoms with Crippen molar-refractivity contribution in [3.63, 3.8) is 0 Å². The Kier molecular flexibility index (Phi) is 10.3. The normalized spacial score (nSPS) is 19.4. The van der Waals surface area contributed by atoms with E-state index in [0.29, 0.717) is 5.92 Å². The van der Waals surface area contributed by atoms with Crippen molar-refractivity contribution >= 4 is 12.6 Å². The SMILES string of the molecule is CCCCC(CC)C(CC)(CCC)C(O)(S)CCCC. The van der Waals surface area contributed by atoms with Gasteiger partial charge in [0.15, 0.2) is 0 Å². The zero-order chi connectivity index (χ0) is 15.6. The Hall–Kier alpha value is 0.310. The smallest absolute Gasteiger partial charge is 0.113 e. The van der Waals surface area contributed by atoms with Gasteiger partial charge in [-0.15, -0.1) is 12.6 Å². The fourth-order valence-electron chi connectivity index (χ4n) is 3.92. The molecule has 0 spiro atoms. The van der Waals surface area contributed by atoms with Gasteiger partial charge in [0.1, 0.15) is 4.93 Å². The molecule has 20 heavy (non-hydrogen) atoms. The van der Waals surface area contributed by atoms with Gasteiger partial charge in [0.2, 0.25) is 0 Å². The van der Waals surface area contributed by atoms with Crippen LogP contribution in [-0.2, 0) is 0 Å². The number of hydrogen-bond donors (Lipinski definition) is 2. The first-order valence-electron chi connectivity index (χ1n) is 8.90. The molecule has 3 atom stereocenters. The minimum atomic E-state index is -0.817. The van der Waals surface area contributed by atoms with Gasteiger partial charge in [0, 0.05) is 5.41 Å². The second-order valence-electron chi connectivity index (χ2n) is 6.43. The summed E-state index contributed by atoms with van der Waals surface area (Å²) in [5.74, 6) is 0.590. The molecule has 0 rings (SSSR count). The first kappa shape index (κ1) is 20.3. The Bertz CT molecular complexity index is 240. The molecule has 0 saturated carbocycles. The molecule has 122 valence electrons. The standard InChI is InChI=1S/C18H38OS/c1-6-11-13-16(9-4)17(10-5,14-8-3)18(19,20)15-12-7-2/h16,19-20H,6-15H2,1-5H3. The third kappa shape index (κ3) is 4.94. The van der Waals surface area contributed by atoms with Gasteiger partial charge in [0.05, 0.1) is 0 Å². The molecular weight excluding hydrogens is 264 g/mol. The molecule has 0 aliphatic carbocycles. The van der Waals surface area contributed by atoms with Crippen molar-refractivity contribution in [2.75, 3.05) is 0 Å². The molecule has 1 nitrogen and oxygen atoms in total. The number of thiol groups is 1. The maximum absolute atomic E-state index is 11.2. The zero-order valence-electron chi connectivity index (χ0n) is 14.5. The molecule has 0 radical (unpaired) electrons. The molecule has 0 fully saturated rings. The second-order valence-corrected chi connectivity index (χ2v) is 7.17. The van der Waals surface area contributed by atoms with E-state index in [0.717, 1.165) is 44.9 Å². The minimum Gasteiger partial charge on any atom is -0.379 e. The van der Waals surface area contributed by atoms with Crippen molar-refractivity contribution in [3.8, 4) is 0 Å². The maximum atomic E-state index is 11.2. The van der Waals surface area contributed by atoms with Crippen molar-refractivity contribution in [1.82, 2.24) is 0 Å². The monoisotopic (exact) mass is 302 g/mol. The van der Waals surface area contributed by atoms with Crippen molar-refractivity contribution in [1.29, 1.82) is 0 Å². The average Bonchev–Trinajstić information content (AvgIpc) is 2.44. The maximum Gasteiger partial charge on any atom is 0.113 e. The zero-order valence-corrected chi connectivity index (χ0v) is 15.4. The fourth-order valence-corrected chi connectivity index (χ4v) is 4.53. The Balaban J connectivity index is 5.31. The van der Waals surface area contributed by atoms with E-state index >= 15 is 0 Å². The second kappa shape index (κ2) is 10.1. The molecule has 3 unspecified atom stereocenters. The molecule has 0 amide bonds. The third-order valence-electron chi connectivity index (χ3n) is 5.18. The predicted molar refractivity (Wildman–Crippen MR) is 94.4 cm³/mol. The van der Waals surface area contributed by atoms with Gasteiger partial charge in [-0.2, -0.15) is 0 Å². The summed E-state index contributed by atoms with van der Waals surface area (Å²) in [6.45, 7) is 11.2. The van der Waals surface area contributed by atoms with Gasteiger partial charge in [0.25, 0.3) is 0 Å². The summed E-state index contributed by atoms with van der Waals surface area (Å²) in [5, 5.41) is 11.2. The molecule has 0 aliphatic heterocycles. The van der Waals surface area contributed by atoms with Crippen LogP contribution in [0.4, 0.5) is 0 Å². The molecule has 2 heteroatoms. The molecule has 0 aliphatic rings. The van der Waals surface area contributed by atoms with Crippen LogP contribution in [0.1, 0.15) is 98.8 Å². The number of hydrogen-bond acceptors (Lipinski definition) is 2. The van der Waals surface area contributed by atoms with E-state index in [9.17, 15) is 5.11 Å². The number of unbranched alkanes of at least 4 members (excludes halogenated alkanes) is 2. The van der Waals surface area contributed by atoms with Crippen LogP contribution in [0, 0.1) is 11.3 Å². The van der Waals surface area contributed by atoms with E-state index in [4.69, 9.17) is 12.6 Å². The van der Waals surface area contributed by atoms with Crippen LogP contribution in [-0.4, -0.2) is 10.0 Å². The number of rotatable bonds is 12. The average molecular weight is 303 g/mol. The molecule has 0 aromatic carbocycles. The number of aliphatic hydroxyl groups is 1. The molecular formula is C18H38OS. The molecule has 0 aromatic heterocycles. The van der Waals surface area contributed by atoms with Crippen molar-refractivity contribution in [2.45, 2.75) is 104 Å². The molecule has 0 saturated heterocycles. The highest BCUT2D eigenvalue weighted by atomic mass is 32.1. The van der Waals surface area contributed by atoms with E-state index in [-0.39, 0.29) is 5.41 Å². The summed E-state index contributed by atoms with van der Waals surface area (Å²) in [6.07, 6.45) is 11.2.